The summed E-state index contributed by atoms with van der Waals surface area (Å²) in [6.45, 7) is 0. The first-order valence-electron chi connectivity index (χ1n) is 15.9. The summed E-state index contributed by atoms with van der Waals surface area (Å²) in [5, 5.41) is 4.78. The van der Waals surface area contributed by atoms with Gasteiger partial charge in [-0.25, -0.2) is 9.97 Å². The van der Waals surface area contributed by atoms with Crippen molar-refractivity contribution in [2.75, 3.05) is 0 Å². The summed E-state index contributed by atoms with van der Waals surface area (Å²) in [5.41, 5.74) is 11.4. The Labute approximate surface area is 273 Å². The molecule has 0 saturated heterocycles. The lowest BCUT2D eigenvalue weighted by atomic mass is 9.91. The fourth-order valence-corrected chi connectivity index (χ4v) is 6.83. The average Bonchev–Trinajstić information content (AvgIpc) is 3.50. The Morgan fingerprint density at radius 1 is 0.362 bits per heavy atom. The fraction of sp³-hybridized carbons (Fsp3) is 0. The second kappa shape index (κ2) is 11.2. The monoisotopic (exact) mass is 599 g/mol. The van der Waals surface area contributed by atoms with E-state index in [0.29, 0.717) is 5.95 Å². The van der Waals surface area contributed by atoms with Gasteiger partial charge >= 0.3 is 0 Å². The fourth-order valence-electron chi connectivity index (χ4n) is 6.83. The molecule has 0 radical (unpaired) electrons. The van der Waals surface area contributed by atoms with E-state index in [4.69, 9.17) is 9.97 Å². The quantitative estimate of drug-likeness (QED) is 0.197. The smallest absolute Gasteiger partial charge is 0.234 e. The zero-order valence-electron chi connectivity index (χ0n) is 25.6. The van der Waals surface area contributed by atoms with E-state index in [1.165, 1.54) is 54.9 Å². The highest BCUT2D eigenvalue weighted by Crippen LogP contribution is 2.38. The van der Waals surface area contributed by atoms with E-state index >= 15 is 0 Å². The molecule has 47 heavy (non-hydrogen) atoms. The van der Waals surface area contributed by atoms with Crippen molar-refractivity contribution in [3.63, 3.8) is 0 Å². The van der Waals surface area contributed by atoms with Crippen LogP contribution in [-0.4, -0.2) is 14.5 Å². The van der Waals surface area contributed by atoms with Crippen molar-refractivity contribution < 1.29 is 0 Å². The van der Waals surface area contributed by atoms with Gasteiger partial charge in [-0.15, -0.1) is 0 Å². The first kappa shape index (κ1) is 27.0. The van der Waals surface area contributed by atoms with Gasteiger partial charge < -0.3 is 0 Å². The molecule has 9 rings (SSSR count). The van der Waals surface area contributed by atoms with Crippen LogP contribution in [-0.2, 0) is 0 Å². The second-order valence-corrected chi connectivity index (χ2v) is 11.9. The number of rotatable bonds is 5. The van der Waals surface area contributed by atoms with Crippen LogP contribution in [0, 0.1) is 0 Å². The Kier molecular flexibility index (Phi) is 6.46. The van der Waals surface area contributed by atoms with Crippen LogP contribution in [0.5, 0.6) is 0 Å². The molecule has 0 aliphatic carbocycles. The lowest BCUT2D eigenvalue weighted by Gasteiger charge is -2.14. The van der Waals surface area contributed by atoms with Gasteiger partial charge in [0.15, 0.2) is 0 Å². The topological polar surface area (TPSA) is 30.7 Å². The average molecular weight is 600 g/mol. The zero-order valence-corrected chi connectivity index (χ0v) is 25.6. The van der Waals surface area contributed by atoms with E-state index in [0.717, 1.165) is 22.2 Å². The molecule has 0 fully saturated rings. The van der Waals surface area contributed by atoms with Crippen molar-refractivity contribution in [2.45, 2.75) is 0 Å². The molecule has 2 heterocycles. The largest absolute Gasteiger partial charge is 0.277 e. The third kappa shape index (κ3) is 4.68. The normalized spacial score (nSPS) is 11.4. The van der Waals surface area contributed by atoms with Gasteiger partial charge in [-0.2, -0.15) is 0 Å². The molecule has 0 saturated carbocycles. The third-order valence-electron chi connectivity index (χ3n) is 9.14. The van der Waals surface area contributed by atoms with E-state index in [9.17, 15) is 0 Å². The number of fused-ring (bicyclic) bond motifs is 5. The van der Waals surface area contributed by atoms with Gasteiger partial charge in [-0.1, -0.05) is 152 Å². The summed E-state index contributed by atoms with van der Waals surface area (Å²) in [5.74, 6) is 0.662. The van der Waals surface area contributed by atoms with Crippen LogP contribution in [0.3, 0.4) is 0 Å². The summed E-state index contributed by atoms with van der Waals surface area (Å²) < 4.78 is 2.20. The number of hydrogen-bond acceptors (Lipinski definition) is 2. The van der Waals surface area contributed by atoms with E-state index < -0.39 is 0 Å². The van der Waals surface area contributed by atoms with Crippen LogP contribution in [0.4, 0.5) is 0 Å². The number of para-hydroxylation sites is 1. The van der Waals surface area contributed by atoms with E-state index in [1.807, 2.05) is 12.4 Å². The Morgan fingerprint density at radius 2 is 0.936 bits per heavy atom. The summed E-state index contributed by atoms with van der Waals surface area (Å²) in [4.78, 5) is 9.96. The molecule has 2 aromatic heterocycles. The van der Waals surface area contributed by atoms with E-state index in [-0.39, 0.29) is 0 Å². The molecule has 0 atom stereocenters. The molecule has 0 aliphatic heterocycles. The number of nitrogens with zero attached hydrogens (tertiary/aromatic N) is 3. The maximum atomic E-state index is 4.98. The van der Waals surface area contributed by atoms with E-state index in [2.05, 4.69) is 168 Å². The minimum Gasteiger partial charge on any atom is -0.277 e. The predicted molar refractivity (Wildman–Crippen MR) is 196 cm³/mol. The summed E-state index contributed by atoms with van der Waals surface area (Å²) in [6.07, 6.45) is 3.90. The Balaban J connectivity index is 1.14. The lowest BCUT2D eigenvalue weighted by molar-refractivity contribution is 0.992. The van der Waals surface area contributed by atoms with Gasteiger partial charge in [-0.05, 0) is 56.5 Å². The van der Waals surface area contributed by atoms with Crippen LogP contribution in [0.15, 0.2) is 176 Å². The molecule has 7 aromatic carbocycles. The molecule has 3 nitrogen and oxygen atoms in total. The van der Waals surface area contributed by atoms with Crippen LogP contribution >= 0.6 is 0 Å². The standard InChI is InChI=1S/C44H29N3/c1-3-11-30(12-4-1)31-19-21-34(22-20-31)37-25-24-35(27-41(37)32-13-5-2-6-14-32)36-28-45-44(46-29-36)47-42-18-10-9-17-39(42)40-26-23-33-15-7-8-16-38(33)43(40)47/h1-29H. The minimum atomic E-state index is 0.662. The van der Waals surface area contributed by atoms with Gasteiger partial charge in [0.25, 0.3) is 0 Å². The minimum absolute atomic E-state index is 0.662. The van der Waals surface area contributed by atoms with Gasteiger partial charge in [0.2, 0.25) is 5.95 Å². The zero-order chi connectivity index (χ0) is 31.2. The first-order valence-corrected chi connectivity index (χ1v) is 15.9. The van der Waals surface area contributed by atoms with Crippen molar-refractivity contribution in [1.82, 2.24) is 14.5 Å². The van der Waals surface area contributed by atoms with Crippen molar-refractivity contribution >= 4 is 32.6 Å². The Hall–Kier alpha value is -6.32. The second-order valence-electron chi connectivity index (χ2n) is 11.9. The molecule has 0 unspecified atom stereocenters. The van der Waals surface area contributed by atoms with E-state index in [1.54, 1.807) is 0 Å². The summed E-state index contributed by atoms with van der Waals surface area (Å²) >= 11 is 0. The van der Waals surface area contributed by atoms with Gasteiger partial charge in [0, 0.05) is 34.1 Å². The summed E-state index contributed by atoms with van der Waals surface area (Å²) in [7, 11) is 0. The number of aromatic nitrogens is 3. The summed E-state index contributed by atoms with van der Waals surface area (Å²) in [6, 6.07) is 58.1. The maximum absolute atomic E-state index is 4.98. The molecule has 220 valence electrons. The Morgan fingerprint density at radius 3 is 1.70 bits per heavy atom. The molecule has 0 N–H and O–H groups in total. The van der Waals surface area contributed by atoms with Crippen molar-refractivity contribution in [1.29, 1.82) is 0 Å². The molecule has 9 aromatic rings. The predicted octanol–water partition coefficient (Wildman–Crippen LogP) is 11.4. The molecule has 0 spiro atoms. The van der Waals surface area contributed by atoms with Crippen LogP contribution in [0.25, 0.3) is 83.0 Å². The van der Waals surface area contributed by atoms with Crippen LogP contribution in [0.2, 0.25) is 0 Å². The third-order valence-corrected chi connectivity index (χ3v) is 9.14. The molecular weight excluding hydrogens is 571 g/mol. The molecule has 0 aliphatic rings. The lowest BCUT2D eigenvalue weighted by Crippen LogP contribution is -2.01. The number of benzene rings is 7. The number of hydrogen-bond donors (Lipinski definition) is 0. The van der Waals surface area contributed by atoms with Gasteiger partial charge in [0.05, 0.1) is 11.0 Å². The first-order chi connectivity index (χ1) is 23.3. The molecule has 0 bridgehead atoms. The van der Waals surface area contributed by atoms with Gasteiger partial charge in [0.1, 0.15) is 0 Å². The highest BCUT2D eigenvalue weighted by molar-refractivity contribution is 6.18. The van der Waals surface area contributed by atoms with Crippen LogP contribution in [0.1, 0.15) is 0 Å². The van der Waals surface area contributed by atoms with Crippen molar-refractivity contribution in [3.05, 3.63) is 176 Å². The highest BCUT2D eigenvalue weighted by Gasteiger charge is 2.17. The molecule has 3 heteroatoms. The molecular formula is C44H29N3. The van der Waals surface area contributed by atoms with Gasteiger partial charge in [-0.3, -0.25) is 4.57 Å². The Bertz CT molecular complexity index is 2530. The molecule has 0 amide bonds. The highest BCUT2D eigenvalue weighted by atomic mass is 15.1. The SMILES string of the molecule is c1ccc(-c2ccc(-c3ccc(-c4cnc(-n5c6ccccc6c6ccc7ccccc7c65)nc4)cc3-c3ccccc3)cc2)cc1. The van der Waals surface area contributed by atoms with Crippen molar-refractivity contribution in [3.8, 4) is 50.5 Å². The maximum Gasteiger partial charge on any atom is 0.234 e. The van der Waals surface area contributed by atoms with Crippen molar-refractivity contribution in [2.24, 2.45) is 0 Å². The van der Waals surface area contributed by atoms with Crippen LogP contribution < -0.4 is 0 Å².